The highest BCUT2D eigenvalue weighted by Crippen LogP contribution is 2.17. The molecule has 0 aliphatic rings. The smallest absolute Gasteiger partial charge is 0.262 e. The Kier molecular flexibility index (Phi) is 5.58. The van der Waals surface area contributed by atoms with Crippen LogP contribution in [0.3, 0.4) is 0 Å². The topological polar surface area (TPSA) is 58.6 Å². The number of amides is 2. The molecule has 0 atom stereocenters. The summed E-state index contributed by atoms with van der Waals surface area (Å²) in [6.45, 7) is 3.93. The van der Waals surface area contributed by atoms with E-state index in [9.17, 15) is 9.59 Å². The molecule has 0 aliphatic heterocycles. The summed E-state index contributed by atoms with van der Waals surface area (Å²) in [5.41, 5.74) is 3.38. The summed E-state index contributed by atoms with van der Waals surface area (Å²) in [5, 5.41) is 2.74. The van der Waals surface area contributed by atoms with E-state index in [2.05, 4.69) is 5.32 Å². The highest BCUT2D eigenvalue weighted by molar-refractivity contribution is 5.97. The minimum atomic E-state index is -0.275. The molecule has 0 unspecified atom stereocenters. The molecule has 0 heterocycles. The minimum Gasteiger partial charge on any atom is -0.484 e. The first-order valence-corrected chi connectivity index (χ1v) is 7.68. The van der Waals surface area contributed by atoms with Crippen LogP contribution in [0, 0.1) is 13.8 Å². The Morgan fingerprint density at radius 2 is 1.79 bits per heavy atom. The third-order valence-electron chi connectivity index (χ3n) is 3.65. The molecule has 5 heteroatoms. The summed E-state index contributed by atoms with van der Waals surface area (Å²) in [6, 6.07) is 12.5. The Balaban J connectivity index is 1.96. The second-order valence-corrected chi connectivity index (χ2v) is 5.86. The molecule has 2 amide bonds. The van der Waals surface area contributed by atoms with E-state index in [-0.39, 0.29) is 18.4 Å². The first kappa shape index (κ1) is 17.5. The fraction of sp³-hybridized carbons (Fsp3) is 0.263. The van der Waals surface area contributed by atoms with Crippen LogP contribution in [-0.4, -0.2) is 37.4 Å². The molecular weight excluding hydrogens is 304 g/mol. The molecule has 0 aromatic heterocycles. The van der Waals surface area contributed by atoms with Gasteiger partial charge in [0.2, 0.25) is 0 Å². The van der Waals surface area contributed by atoms with Crippen molar-refractivity contribution in [3.05, 3.63) is 59.2 Å². The number of hydrogen-bond donors (Lipinski definition) is 1. The van der Waals surface area contributed by atoms with Gasteiger partial charge >= 0.3 is 0 Å². The number of nitrogens with one attached hydrogen (secondary N) is 1. The molecule has 0 bridgehead atoms. The molecule has 0 radical (unpaired) electrons. The predicted molar refractivity (Wildman–Crippen MR) is 94.5 cm³/mol. The van der Waals surface area contributed by atoms with Crippen LogP contribution < -0.4 is 10.1 Å². The monoisotopic (exact) mass is 326 g/mol. The average molecular weight is 326 g/mol. The van der Waals surface area contributed by atoms with Crippen molar-refractivity contribution in [3.63, 3.8) is 0 Å². The fourth-order valence-electron chi connectivity index (χ4n) is 2.14. The lowest BCUT2D eigenvalue weighted by atomic mass is 10.1. The Hall–Kier alpha value is -2.82. The number of hydrogen-bond acceptors (Lipinski definition) is 3. The van der Waals surface area contributed by atoms with Gasteiger partial charge in [0.05, 0.1) is 0 Å². The largest absolute Gasteiger partial charge is 0.484 e. The third-order valence-corrected chi connectivity index (χ3v) is 3.65. The third kappa shape index (κ3) is 4.59. The lowest BCUT2D eigenvalue weighted by molar-refractivity contribution is -0.118. The maximum absolute atomic E-state index is 12.0. The van der Waals surface area contributed by atoms with Gasteiger partial charge in [-0.3, -0.25) is 9.59 Å². The van der Waals surface area contributed by atoms with E-state index < -0.39 is 0 Å². The summed E-state index contributed by atoms with van der Waals surface area (Å²) in [7, 11) is 3.37. The van der Waals surface area contributed by atoms with Crippen molar-refractivity contribution in [2.45, 2.75) is 13.8 Å². The molecule has 5 nitrogen and oxygen atoms in total. The number of ether oxygens (including phenoxy) is 1. The zero-order valence-corrected chi connectivity index (χ0v) is 14.4. The van der Waals surface area contributed by atoms with Gasteiger partial charge in [0.25, 0.3) is 11.8 Å². The van der Waals surface area contributed by atoms with Gasteiger partial charge in [-0.05, 0) is 55.3 Å². The van der Waals surface area contributed by atoms with Crippen LogP contribution in [0.4, 0.5) is 5.69 Å². The van der Waals surface area contributed by atoms with E-state index in [0.717, 1.165) is 5.56 Å². The Bertz CT molecular complexity index is 754. The van der Waals surface area contributed by atoms with E-state index in [0.29, 0.717) is 17.0 Å². The summed E-state index contributed by atoms with van der Waals surface area (Å²) >= 11 is 0. The van der Waals surface area contributed by atoms with Crippen LogP contribution in [0.25, 0.3) is 0 Å². The van der Waals surface area contributed by atoms with Crippen LogP contribution in [0.1, 0.15) is 21.5 Å². The summed E-state index contributed by atoms with van der Waals surface area (Å²) < 4.78 is 5.50. The zero-order valence-electron chi connectivity index (χ0n) is 14.4. The van der Waals surface area contributed by atoms with Gasteiger partial charge in [-0.1, -0.05) is 12.1 Å². The first-order chi connectivity index (χ1) is 11.4. The molecule has 2 aromatic carbocycles. The van der Waals surface area contributed by atoms with E-state index in [1.165, 1.54) is 10.5 Å². The van der Waals surface area contributed by atoms with Crippen molar-refractivity contribution < 1.29 is 14.3 Å². The Morgan fingerprint density at radius 1 is 1.04 bits per heavy atom. The quantitative estimate of drug-likeness (QED) is 0.919. The van der Waals surface area contributed by atoms with Crippen LogP contribution >= 0.6 is 0 Å². The van der Waals surface area contributed by atoms with Crippen LogP contribution in [0.15, 0.2) is 42.5 Å². The minimum absolute atomic E-state index is 0.0889. The maximum atomic E-state index is 12.0. The predicted octanol–water partition coefficient (Wildman–Crippen LogP) is 3.02. The van der Waals surface area contributed by atoms with Gasteiger partial charge in [-0.15, -0.1) is 0 Å². The number of carbonyl (C=O) groups is 2. The summed E-state index contributed by atoms with van der Waals surface area (Å²) in [4.78, 5) is 25.5. The molecule has 0 aliphatic carbocycles. The van der Waals surface area contributed by atoms with Crippen LogP contribution in [-0.2, 0) is 4.79 Å². The van der Waals surface area contributed by atoms with Crippen molar-refractivity contribution in [1.29, 1.82) is 0 Å². The summed E-state index contributed by atoms with van der Waals surface area (Å²) in [5.74, 6) is 0.268. The lowest BCUT2D eigenvalue weighted by Gasteiger charge is -2.12. The van der Waals surface area contributed by atoms with Crippen molar-refractivity contribution in [2.24, 2.45) is 0 Å². The van der Waals surface area contributed by atoms with Gasteiger partial charge in [0.15, 0.2) is 6.61 Å². The molecule has 2 aromatic rings. The van der Waals surface area contributed by atoms with E-state index in [1.807, 2.05) is 32.0 Å². The van der Waals surface area contributed by atoms with Crippen LogP contribution in [0.5, 0.6) is 5.75 Å². The number of aryl methyl sites for hydroxylation is 2. The first-order valence-electron chi connectivity index (χ1n) is 7.68. The van der Waals surface area contributed by atoms with E-state index >= 15 is 0 Å². The van der Waals surface area contributed by atoms with Crippen molar-refractivity contribution >= 4 is 17.5 Å². The molecule has 0 spiro atoms. The van der Waals surface area contributed by atoms with E-state index in [1.54, 1.807) is 38.4 Å². The van der Waals surface area contributed by atoms with Gasteiger partial charge in [0, 0.05) is 25.3 Å². The molecule has 0 fully saturated rings. The standard InChI is InChI=1S/C19H22N2O3/c1-13-8-9-17(10-14(13)2)24-12-18(22)20-16-7-5-6-15(11-16)19(23)21(3)4/h5-11H,12H2,1-4H3,(H,20,22). The van der Waals surface area contributed by atoms with E-state index in [4.69, 9.17) is 4.74 Å². The van der Waals surface area contributed by atoms with Crippen molar-refractivity contribution in [2.75, 3.05) is 26.0 Å². The molecule has 0 saturated heterocycles. The van der Waals surface area contributed by atoms with Gasteiger partial charge < -0.3 is 15.0 Å². The lowest BCUT2D eigenvalue weighted by Crippen LogP contribution is -2.23. The molecule has 24 heavy (non-hydrogen) atoms. The highest BCUT2D eigenvalue weighted by atomic mass is 16.5. The normalized spacial score (nSPS) is 10.2. The fourth-order valence-corrected chi connectivity index (χ4v) is 2.14. The molecule has 0 saturated carbocycles. The Morgan fingerprint density at radius 3 is 2.46 bits per heavy atom. The number of nitrogens with zero attached hydrogens (tertiary/aromatic N) is 1. The molecule has 2 rings (SSSR count). The highest BCUT2D eigenvalue weighted by Gasteiger charge is 2.10. The maximum Gasteiger partial charge on any atom is 0.262 e. The number of anilines is 1. The van der Waals surface area contributed by atoms with Crippen molar-refractivity contribution in [1.82, 2.24) is 4.90 Å². The molecular formula is C19H22N2O3. The van der Waals surface area contributed by atoms with Gasteiger partial charge in [-0.2, -0.15) is 0 Å². The number of rotatable bonds is 5. The van der Waals surface area contributed by atoms with Gasteiger partial charge in [0.1, 0.15) is 5.75 Å². The average Bonchev–Trinajstić information content (AvgIpc) is 2.55. The zero-order chi connectivity index (χ0) is 17.7. The SMILES string of the molecule is Cc1ccc(OCC(=O)Nc2cccc(C(=O)N(C)C)c2)cc1C. The van der Waals surface area contributed by atoms with Crippen molar-refractivity contribution in [3.8, 4) is 5.75 Å². The van der Waals surface area contributed by atoms with Gasteiger partial charge in [-0.25, -0.2) is 0 Å². The van der Waals surface area contributed by atoms with Crippen LogP contribution in [0.2, 0.25) is 0 Å². The molecule has 1 N–H and O–H groups in total. The second-order valence-electron chi connectivity index (χ2n) is 5.86. The second kappa shape index (κ2) is 7.64. The number of carbonyl (C=O) groups excluding carboxylic acids is 2. The molecule has 126 valence electrons. The summed E-state index contributed by atoms with van der Waals surface area (Å²) in [6.07, 6.45) is 0. The number of benzene rings is 2. The Labute approximate surface area is 142 Å².